The molecule has 0 atom stereocenters. The van der Waals surface area contributed by atoms with Gasteiger partial charge in [-0.2, -0.15) is 0 Å². The van der Waals surface area contributed by atoms with Gasteiger partial charge in [0.15, 0.2) is 0 Å². The molecule has 0 radical (unpaired) electrons. The third kappa shape index (κ3) is 6.92. The van der Waals surface area contributed by atoms with Crippen LogP contribution in [0, 0.1) is 0 Å². The van der Waals surface area contributed by atoms with Gasteiger partial charge in [0.1, 0.15) is 12.3 Å². The second-order valence-corrected chi connectivity index (χ2v) is 6.81. The molecule has 3 amide bonds. The smallest absolute Gasteiger partial charge is 0.320 e. The molecule has 0 bridgehead atoms. The SMILES string of the molecule is CCN(CC)C(=O)N(C)CC(=O)N1CCCC1.Oc1ccc(Cl)c(Cl)c1. The number of hydrogen-bond donors (Lipinski definition) is 1. The molecule has 1 aliphatic heterocycles. The van der Waals surface area contributed by atoms with Gasteiger partial charge in [0.05, 0.1) is 10.0 Å². The first-order valence-electron chi connectivity index (χ1n) is 8.71. The summed E-state index contributed by atoms with van der Waals surface area (Å²) in [6, 6.07) is 4.35. The minimum absolute atomic E-state index is 0.0607. The van der Waals surface area contributed by atoms with E-state index in [1.807, 2.05) is 18.7 Å². The number of carbonyl (C=O) groups is 2. The first-order valence-corrected chi connectivity index (χ1v) is 9.47. The number of nitrogens with zero attached hydrogens (tertiary/aromatic N) is 3. The van der Waals surface area contributed by atoms with E-state index >= 15 is 0 Å². The molecule has 1 saturated heterocycles. The Morgan fingerprint density at radius 2 is 1.69 bits per heavy atom. The Morgan fingerprint density at radius 3 is 2.15 bits per heavy atom. The van der Waals surface area contributed by atoms with Gasteiger partial charge in [-0.25, -0.2) is 4.79 Å². The molecule has 6 nitrogen and oxygen atoms in total. The molecular formula is C18H27Cl2N3O3. The first kappa shape index (κ1) is 22.4. The van der Waals surface area contributed by atoms with Crippen molar-refractivity contribution in [3.05, 3.63) is 28.2 Å². The second kappa shape index (κ2) is 11.1. The van der Waals surface area contributed by atoms with E-state index in [2.05, 4.69) is 0 Å². The first-order chi connectivity index (χ1) is 12.3. The van der Waals surface area contributed by atoms with Crippen LogP contribution < -0.4 is 0 Å². The molecule has 0 unspecified atom stereocenters. The predicted octanol–water partition coefficient (Wildman–Crippen LogP) is 3.70. The molecule has 1 heterocycles. The van der Waals surface area contributed by atoms with Crippen LogP contribution in [0.5, 0.6) is 5.75 Å². The number of carbonyl (C=O) groups excluding carboxylic acids is 2. The van der Waals surface area contributed by atoms with Crippen molar-refractivity contribution in [2.24, 2.45) is 0 Å². The summed E-state index contributed by atoms with van der Waals surface area (Å²) in [5.41, 5.74) is 0. The van der Waals surface area contributed by atoms with Gasteiger partial charge in [-0.3, -0.25) is 4.79 Å². The fraction of sp³-hybridized carbons (Fsp3) is 0.556. The van der Waals surface area contributed by atoms with Crippen molar-refractivity contribution in [2.45, 2.75) is 26.7 Å². The lowest BCUT2D eigenvalue weighted by atomic mass is 10.3. The molecule has 1 fully saturated rings. The maximum absolute atomic E-state index is 11.9. The van der Waals surface area contributed by atoms with Crippen molar-refractivity contribution in [1.82, 2.24) is 14.7 Å². The maximum atomic E-state index is 11.9. The third-order valence-corrected chi connectivity index (χ3v) is 4.83. The standard InChI is InChI=1S/C12H23N3O2.C6H4Cl2O/c1-4-14(5-2)12(17)13(3)10-11(16)15-8-6-7-9-15;7-5-2-1-4(9)3-6(5)8/h4-10H2,1-3H3;1-3,9H. The summed E-state index contributed by atoms with van der Waals surface area (Å²) >= 11 is 11.1. The molecule has 1 aromatic rings. The molecule has 1 aromatic carbocycles. The topological polar surface area (TPSA) is 64.1 Å². The number of urea groups is 1. The normalized spacial score (nSPS) is 13.0. The van der Waals surface area contributed by atoms with E-state index in [1.54, 1.807) is 18.0 Å². The molecule has 26 heavy (non-hydrogen) atoms. The van der Waals surface area contributed by atoms with Gasteiger partial charge in [0.25, 0.3) is 0 Å². The van der Waals surface area contributed by atoms with Crippen molar-refractivity contribution >= 4 is 35.1 Å². The van der Waals surface area contributed by atoms with Gasteiger partial charge in [-0.15, -0.1) is 0 Å². The third-order valence-electron chi connectivity index (χ3n) is 4.09. The van der Waals surface area contributed by atoms with Crippen LogP contribution in [0.1, 0.15) is 26.7 Å². The van der Waals surface area contributed by atoms with Crippen LogP contribution in [-0.2, 0) is 4.79 Å². The van der Waals surface area contributed by atoms with Gasteiger partial charge in [0, 0.05) is 33.2 Å². The second-order valence-electron chi connectivity index (χ2n) is 6.00. The lowest BCUT2D eigenvalue weighted by Gasteiger charge is -2.27. The van der Waals surface area contributed by atoms with Gasteiger partial charge in [-0.1, -0.05) is 23.2 Å². The molecule has 8 heteroatoms. The number of phenols is 1. The van der Waals surface area contributed by atoms with Crippen LogP contribution in [0.3, 0.4) is 0 Å². The van der Waals surface area contributed by atoms with Crippen LogP contribution in [-0.4, -0.2) is 71.5 Å². The van der Waals surface area contributed by atoms with E-state index in [0.717, 1.165) is 25.9 Å². The summed E-state index contributed by atoms with van der Waals surface area (Å²) in [6.45, 7) is 7.11. The van der Waals surface area contributed by atoms with Crippen LogP contribution in [0.4, 0.5) is 4.79 Å². The summed E-state index contributed by atoms with van der Waals surface area (Å²) < 4.78 is 0. The van der Waals surface area contributed by atoms with Crippen molar-refractivity contribution < 1.29 is 14.7 Å². The Morgan fingerprint density at radius 1 is 1.12 bits per heavy atom. The quantitative estimate of drug-likeness (QED) is 0.833. The molecule has 0 saturated carbocycles. The van der Waals surface area contributed by atoms with Crippen LogP contribution in [0.15, 0.2) is 18.2 Å². The summed E-state index contributed by atoms with van der Waals surface area (Å²) in [5, 5.41) is 9.62. The summed E-state index contributed by atoms with van der Waals surface area (Å²) in [4.78, 5) is 28.9. The summed E-state index contributed by atoms with van der Waals surface area (Å²) in [6.07, 6.45) is 2.17. The Labute approximate surface area is 165 Å². The van der Waals surface area contributed by atoms with Crippen molar-refractivity contribution in [1.29, 1.82) is 0 Å². The number of likely N-dealkylation sites (N-methyl/N-ethyl adjacent to an activating group) is 1. The van der Waals surface area contributed by atoms with Crippen LogP contribution >= 0.6 is 23.2 Å². The highest BCUT2D eigenvalue weighted by Crippen LogP contribution is 2.25. The number of hydrogen-bond acceptors (Lipinski definition) is 3. The highest BCUT2D eigenvalue weighted by atomic mass is 35.5. The average Bonchev–Trinajstić information content (AvgIpc) is 3.14. The Balaban J connectivity index is 0.000000314. The van der Waals surface area contributed by atoms with E-state index in [9.17, 15) is 9.59 Å². The number of aromatic hydroxyl groups is 1. The van der Waals surface area contributed by atoms with Crippen LogP contribution in [0.2, 0.25) is 10.0 Å². The lowest BCUT2D eigenvalue weighted by Crippen LogP contribution is -2.45. The molecule has 146 valence electrons. The highest BCUT2D eigenvalue weighted by Gasteiger charge is 2.22. The number of benzene rings is 1. The molecular weight excluding hydrogens is 377 g/mol. The Kier molecular flexibility index (Phi) is 9.59. The predicted molar refractivity (Wildman–Crippen MR) is 105 cm³/mol. The van der Waals surface area contributed by atoms with E-state index in [0.29, 0.717) is 23.1 Å². The molecule has 0 aromatic heterocycles. The molecule has 2 rings (SSSR count). The minimum Gasteiger partial charge on any atom is -0.508 e. The zero-order valence-electron chi connectivity index (χ0n) is 15.5. The highest BCUT2D eigenvalue weighted by molar-refractivity contribution is 6.42. The van der Waals surface area contributed by atoms with Gasteiger partial charge in [-0.05, 0) is 44.9 Å². The molecule has 0 spiro atoms. The monoisotopic (exact) mass is 403 g/mol. The average molecular weight is 404 g/mol. The number of halogens is 2. The largest absolute Gasteiger partial charge is 0.508 e. The molecule has 1 N–H and O–H groups in total. The van der Waals surface area contributed by atoms with Gasteiger partial charge >= 0.3 is 6.03 Å². The Bertz CT molecular complexity index is 603. The van der Waals surface area contributed by atoms with Crippen molar-refractivity contribution in [2.75, 3.05) is 39.8 Å². The number of amides is 3. The zero-order valence-corrected chi connectivity index (χ0v) is 17.1. The van der Waals surface area contributed by atoms with Crippen molar-refractivity contribution in [3.63, 3.8) is 0 Å². The molecule has 0 aliphatic carbocycles. The number of phenolic OH excluding ortho intramolecular Hbond substituents is 1. The molecule has 1 aliphatic rings. The van der Waals surface area contributed by atoms with Crippen LogP contribution in [0.25, 0.3) is 0 Å². The number of rotatable bonds is 4. The fourth-order valence-electron chi connectivity index (χ4n) is 2.56. The summed E-state index contributed by atoms with van der Waals surface area (Å²) in [7, 11) is 1.69. The lowest BCUT2D eigenvalue weighted by molar-refractivity contribution is -0.130. The van der Waals surface area contributed by atoms with Gasteiger partial charge in [0.2, 0.25) is 5.91 Å². The zero-order chi connectivity index (χ0) is 19.7. The fourth-order valence-corrected chi connectivity index (χ4v) is 2.85. The minimum atomic E-state index is -0.0671. The van der Waals surface area contributed by atoms with Crippen molar-refractivity contribution in [3.8, 4) is 5.75 Å². The number of likely N-dealkylation sites (tertiary alicyclic amines) is 1. The van der Waals surface area contributed by atoms with Gasteiger partial charge < -0.3 is 19.8 Å². The van der Waals surface area contributed by atoms with E-state index < -0.39 is 0 Å². The maximum Gasteiger partial charge on any atom is 0.320 e. The Hall–Kier alpha value is -1.66. The van der Waals surface area contributed by atoms with E-state index in [-0.39, 0.29) is 24.2 Å². The van der Waals surface area contributed by atoms with E-state index in [4.69, 9.17) is 28.3 Å². The van der Waals surface area contributed by atoms with E-state index in [1.165, 1.54) is 17.0 Å². The summed E-state index contributed by atoms with van der Waals surface area (Å²) in [5.74, 6) is 0.190.